The smallest absolute Gasteiger partial charge is 0.412 e. The van der Waals surface area contributed by atoms with Crippen molar-refractivity contribution in [2.24, 2.45) is 0 Å². The maximum Gasteiger partial charge on any atom is 0.412 e. The minimum absolute atomic E-state index is 0.166. The van der Waals surface area contributed by atoms with Crippen LogP contribution in [0.4, 0.5) is 16.2 Å². The molecule has 6 nitrogen and oxygen atoms in total. The molecular weight excluding hydrogens is 296 g/mol. The van der Waals surface area contributed by atoms with Crippen LogP contribution in [0.15, 0.2) is 18.2 Å². The molecule has 2 N–H and O–H groups in total. The second kappa shape index (κ2) is 7.08. The molecule has 0 saturated carbocycles. The molecule has 23 heavy (non-hydrogen) atoms. The Morgan fingerprint density at radius 3 is 2.65 bits per heavy atom. The number of carbonyl (C=O) groups is 1. The van der Waals surface area contributed by atoms with Gasteiger partial charge in [0, 0.05) is 12.3 Å². The van der Waals surface area contributed by atoms with Crippen LogP contribution in [0.25, 0.3) is 0 Å². The van der Waals surface area contributed by atoms with E-state index in [9.17, 15) is 4.79 Å². The summed E-state index contributed by atoms with van der Waals surface area (Å²) in [6.07, 6.45) is 0.618. The van der Waals surface area contributed by atoms with Gasteiger partial charge in [0.25, 0.3) is 0 Å². The molecule has 0 aromatic heterocycles. The molecule has 1 aliphatic rings. The maximum absolute atomic E-state index is 12.0. The molecule has 128 valence electrons. The first-order chi connectivity index (χ1) is 10.8. The van der Waals surface area contributed by atoms with E-state index in [4.69, 9.17) is 14.2 Å². The number of anilines is 2. The van der Waals surface area contributed by atoms with Crippen molar-refractivity contribution in [1.29, 1.82) is 0 Å². The van der Waals surface area contributed by atoms with Crippen LogP contribution in [-0.2, 0) is 9.47 Å². The van der Waals surface area contributed by atoms with E-state index in [-0.39, 0.29) is 12.1 Å². The Morgan fingerprint density at radius 1 is 1.35 bits per heavy atom. The van der Waals surface area contributed by atoms with Crippen molar-refractivity contribution in [2.45, 2.75) is 51.9 Å². The summed E-state index contributed by atoms with van der Waals surface area (Å²) in [7, 11) is 1.57. The summed E-state index contributed by atoms with van der Waals surface area (Å²) in [6, 6.07) is 5.84. The Balaban J connectivity index is 2.10. The topological polar surface area (TPSA) is 68.8 Å². The molecular formula is C17H26N2O4. The first-order valence-electron chi connectivity index (χ1n) is 7.84. The maximum atomic E-state index is 12.0. The Hall–Kier alpha value is -1.95. The van der Waals surface area contributed by atoms with Gasteiger partial charge in [0.1, 0.15) is 11.4 Å². The number of methoxy groups -OCH3 is 1. The minimum atomic E-state index is -0.552. The highest BCUT2D eigenvalue weighted by Gasteiger charge is 2.24. The van der Waals surface area contributed by atoms with Crippen molar-refractivity contribution < 1.29 is 19.0 Å². The van der Waals surface area contributed by atoms with Gasteiger partial charge in [-0.25, -0.2) is 4.79 Å². The lowest BCUT2D eigenvalue weighted by molar-refractivity contribution is 0.0635. The van der Waals surface area contributed by atoms with Crippen molar-refractivity contribution in [1.82, 2.24) is 0 Å². The Morgan fingerprint density at radius 2 is 2.09 bits per heavy atom. The zero-order valence-electron chi connectivity index (χ0n) is 14.4. The number of rotatable bonds is 4. The van der Waals surface area contributed by atoms with Crippen molar-refractivity contribution in [3.63, 3.8) is 0 Å². The standard InChI is InChI=1S/C17H26N2O4/c1-11-13(8-9-22-11)18-12-6-7-15(21-5)14(10-12)19-16(20)23-17(2,3)4/h6-7,10-11,13,18H,8-9H2,1-5H3,(H,19,20). The Bertz CT molecular complexity index is 554. The highest BCUT2D eigenvalue weighted by Crippen LogP contribution is 2.30. The fourth-order valence-electron chi connectivity index (χ4n) is 2.44. The number of amides is 1. The van der Waals surface area contributed by atoms with Crippen molar-refractivity contribution in [3.8, 4) is 5.75 Å². The van der Waals surface area contributed by atoms with Crippen LogP contribution in [0.2, 0.25) is 0 Å². The molecule has 1 aliphatic heterocycles. The highest BCUT2D eigenvalue weighted by atomic mass is 16.6. The summed E-state index contributed by atoms with van der Waals surface area (Å²) >= 11 is 0. The molecule has 2 rings (SSSR count). The van der Waals surface area contributed by atoms with Gasteiger partial charge in [-0.1, -0.05) is 0 Å². The lowest BCUT2D eigenvalue weighted by Crippen LogP contribution is -2.28. The molecule has 0 radical (unpaired) electrons. The minimum Gasteiger partial charge on any atom is -0.495 e. The van der Waals surface area contributed by atoms with E-state index in [0.29, 0.717) is 11.4 Å². The average molecular weight is 322 g/mol. The third kappa shape index (κ3) is 5.03. The van der Waals surface area contributed by atoms with Gasteiger partial charge in [-0.2, -0.15) is 0 Å². The van der Waals surface area contributed by atoms with Crippen LogP contribution in [0.3, 0.4) is 0 Å². The molecule has 1 amide bonds. The molecule has 0 spiro atoms. The second-order valence-electron chi connectivity index (χ2n) is 6.66. The monoisotopic (exact) mass is 322 g/mol. The first-order valence-corrected chi connectivity index (χ1v) is 7.84. The summed E-state index contributed by atoms with van der Waals surface area (Å²) in [5.74, 6) is 0.581. The zero-order valence-corrected chi connectivity index (χ0v) is 14.4. The lowest BCUT2D eigenvalue weighted by Gasteiger charge is -2.21. The van der Waals surface area contributed by atoms with Crippen LogP contribution in [0, 0.1) is 0 Å². The summed E-state index contributed by atoms with van der Waals surface area (Å²) < 4.78 is 16.1. The van der Waals surface area contributed by atoms with Gasteiger partial charge in [-0.05, 0) is 52.3 Å². The van der Waals surface area contributed by atoms with Gasteiger partial charge >= 0.3 is 6.09 Å². The number of benzene rings is 1. The lowest BCUT2D eigenvalue weighted by atomic mass is 10.1. The average Bonchev–Trinajstić information content (AvgIpc) is 2.82. The van der Waals surface area contributed by atoms with Crippen LogP contribution < -0.4 is 15.4 Å². The van der Waals surface area contributed by atoms with Gasteiger partial charge in [-0.3, -0.25) is 5.32 Å². The fourth-order valence-corrected chi connectivity index (χ4v) is 2.44. The summed E-state index contributed by atoms with van der Waals surface area (Å²) in [6.45, 7) is 8.28. The van der Waals surface area contributed by atoms with E-state index in [1.165, 1.54) is 0 Å². The molecule has 1 saturated heterocycles. The molecule has 2 atom stereocenters. The molecule has 6 heteroatoms. The predicted octanol–water partition coefficient (Wildman–Crippen LogP) is 3.63. The molecule has 1 aromatic carbocycles. The Kier molecular flexibility index (Phi) is 5.36. The molecule has 1 aromatic rings. The SMILES string of the molecule is COc1ccc(NC2CCOC2C)cc1NC(=O)OC(C)(C)C. The largest absolute Gasteiger partial charge is 0.495 e. The van der Waals surface area contributed by atoms with Crippen molar-refractivity contribution >= 4 is 17.5 Å². The number of hydrogen-bond acceptors (Lipinski definition) is 5. The van der Waals surface area contributed by atoms with E-state index in [2.05, 4.69) is 10.6 Å². The first kappa shape index (κ1) is 17.4. The van der Waals surface area contributed by atoms with E-state index < -0.39 is 11.7 Å². The summed E-state index contributed by atoms with van der Waals surface area (Å²) in [5.41, 5.74) is 0.918. The third-order valence-electron chi connectivity index (χ3n) is 3.56. The van der Waals surface area contributed by atoms with Gasteiger partial charge in [0.05, 0.1) is 24.9 Å². The van der Waals surface area contributed by atoms with E-state index in [1.54, 1.807) is 7.11 Å². The molecule has 2 unspecified atom stereocenters. The van der Waals surface area contributed by atoms with E-state index in [0.717, 1.165) is 18.7 Å². The molecule has 1 fully saturated rings. The van der Waals surface area contributed by atoms with Crippen LogP contribution in [-0.4, -0.2) is 37.6 Å². The zero-order chi connectivity index (χ0) is 17.0. The van der Waals surface area contributed by atoms with Gasteiger partial charge in [-0.15, -0.1) is 0 Å². The number of carbonyl (C=O) groups excluding carboxylic acids is 1. The Labute approximate surface area is 137 Å². The molecule has 0 bridgehead atoms. The number of hydrogen-bond donors (Lipinski definition) is 2. The van der Waals surface area contributed by atoms with E-state index in [1.807, 2.05) is 45.9 Å². The van der Waals surface area contributed by atoms with Gasteiger partial charge in [0.15, 0.2) is 0 Å². The quantitative estimate of drug-likeness (QED) is 0.886. The summed E-state index contributed by atoms with van der Waals surface area (Å²) in [4.78, 5) is 12.0. The highest BCUT2D eigenvalue weighted by molar-refractivity contribution is 5.88. The van der Waals surface area contributed by atoms with E-state index >= 15 is 0 Å². The normalized spacial score (nSPS) is 20.9. The third-order valence-corrected chi connectivity index (χ3v) is 3.56. The number of nitrogens with one attached hydrogen (secondary N) is 2. The van der Waals surface area contributed by atoms with Gasteiger partial charge < -0.3 is 19.5 Å². The second-order valence-corrected chi connectivity index (χ2v) is 6.66. The predicted molar refractivity (Wildman–Crippen MR) is 90.3 cm³/mol. The van der Waals surface area contributed by atoms with Crippen molar-refractivity contribution in [3.05, 3.63) is 18.2 Å². The fraction of sp³-hybridized carbons (Fsp3) is 0.588. The van der Waals surface area contributed by atoms with Crippen LogP contribution in [0.5, 0.6) is 5.75 Å². The summed E-state index contributed by atoms with van der Waals surface area (Å²) in [5, 5.41) is 6.17. The number of ether oxygens (including phenoxy) is 3. The van der Waals surface area contributed by atoms with Crippen molar-refractivity contribution in [2.75, 3.05) is 24.4 Å². The van der Waals surface area contributed by atoms with Crippen LogP contribution in [0.1, 0.15) is 34.1 Å². The molecule has 1 heterocycles. The molecule has 0 aliphatic carbocycles. The van der Waals surface area contributed by atoms with Gasteiger partial charge in [0.2, 0.25) is 0 Å². The van der Waals surface area contributed by atoms with Crippen LogP contribution >= 0.6 is 0 Å².